The van der Waals surface area contributed by atoms with E-state index in [4.69, 9.17) is 17.3 Å². The zero-order chi connectivity index (χ0) is 14.0. The van der Waals surface area contributed by atoms with Crippen LogP contribution in [0.5, 0.6) is 0 Å². The van der Waals surface area contributed by atoms with Gasteiger partial charge in [0.1, 0.15) is 0 Å². The van der Waals surface area contributed by atoms with Gasteiger partial charge in [-0.1, -0.05) is 18.5 Å². The van der Waals surface area contributed by atoms with Crippen LogP contribution in [0.1, 0.15) is 35.7 Å². The van der Waals surface area contributed by atoms with E-state index in [1.807, 2.05) is 24.0 Å². The summed E-state index contributed by atoms with van der Waals surface area (Å²) < 4.78 is 0. The zero-order valence-corrected chi connectivity index (χ0v) is 13.5. The highest BCUT2D eigenvalue weighted by Crippen LogP contribution is 2.25. The van der Waals surface area contributed by atoms with Crippen LogP contribution in [-0.4, -0.2) is 29.9 Å². The summed E-state index contributed by atoms with van der Waals surface area (Å²) in [4.78, 5) is 14.6. The zero-order valence-electron chi connectivity index (χ0n) is 11.9. The van der Waals surface area contributed by atoms with Crippen molar-refractivity contribution in [1.82, 2.24) is 4.90 Å². The molecule has 112 valence electrons. The smallest absolute Gasteiger partial charge is 0.254 e. The van der Waals surface area contributed by atoms with E-state index in [2.05, 4.69) is 6.92 Å². The number of hydrogen-bond donors (Lipinski definition) is 1. The van der Waals surface area contributed by atoms with Crippen LogP contribution in [0, 0.1) is 12.8 Å². The molecule has 2 N–H and O–H groups in total. The van der Waals surface area contributed by atoms with Crippen LogP contribution in [-0.2, 0) is 0 Å². The maximum absolute atomic E-state index is 12.7. The standard InChI is InChI=1S/C15H21ClN2O.ClH/c1-10-4-3-7-18(14(10)9-17)15(19)13-6-5-12(16)8-11(13)2;/h5-6,8,10,14H,3-4,7,9,17H2,1-2H3;1H. The number of piperidine rings is 1. The molecule has 0 radical (unpaired) electrons. The highest BCUT2D eigenvalue weighted by molar-refractivity contribution is 6.30. The molecular weight excluding hydrogens is 295 g/mol. The number of nitrogens with zero attached hydrogens (tertiary/aromatic N) is 1. The number of halogens is 2. The van der Waals surface area contributed by atoms with Gasteiger partial charge in [-0.25, -0.2) is 0 Å². The van der Waals surface area contributed by atoms with Gasteiger partial charge in [0, 0.05) is 29.7 Å². The molecule has 2 unspecified atom stereocenters. The lowest BCUT2D eigenvalue weighted by atomic mass is 9.90. The van der Waals surface area contributed by atoms with Crippen molar-refractivity contribution in [2.45, 2.75) is 32.7 Å². The molecule has 1 aliphatic heterocycles. The van der Waals surface area contributed by atoms with Crippen molar-refractivity contribution in [3.8, 4) is 0 Å². The molecule has 0 saturated carbocycles. The van der Waals surface area contributed by atoms with Crippen molar-refractivity contribution in [2.75, 3.05) is 13.1 Å². The lowest BCUT2D eigenvalue weighted by molar-refractivity contribution is 0.0532. The van der Waals surface area contributed by atoms with E-state index in [0.717, 1.165) is 30.5 Å². The molecule has 1 aromatic carbocycles. The van der Waals surface area contributed by atoms with Crippen molar-refractivity contribution >= 4 is 29.9 Å². The lowest BCUT2D eigenvalue weighted by Gasteiger charge is -2.39. The fourth-order valence-electron chi connectivity index (χ4n) is 2.88. The van der Waals surface area contributed by atoms with Gasteiger partial charge in [-0.2, -0.15) is 0 Å². The molecule has 0 aliphatic carbocycles. The Morgan fingerprint density at radius 2 is 2.20 bits per heavy atom. The molecule has 1 heterocycles. The minimum absolute atomic E-state index is 0. The fraction of sp³-hybridized carbons (Fsp3) is 0.533. The van der Waals surface area contributed by atoms with E-state index >= 15 is 0 Å². The van der Waals surface area contributed by atoms with Crippen LogP contribution in [0.2, 0.25) is 5.02 Å². The van der Waals surface area contributed by atoms with E-state index in [9.17, 15) is 4.79 Å². The molecule has 0 bridgehead atoms. The normalized spacial score (nSPS) is 22.3. The average Bonchev–Trinajstić information content (AvgIpc) is 2.37. The Bertz CT molecular complexity index is 479. The largest absolute Gasteiger partial charge is 0.334 e. The minimum Gasteiger partial charge on any atom is -0.334 e. The molecule has 1 saturated heterocycles. The summed E-state index contributed by atoms with van der Waals surface area (Å²) in [6.07, 6.45) is 2.20. The molecule has 1 amide bonds. The summed E-state index contributed by atoms with van der Waals surface area (Å²) in [6.45, 7) is 5.42. The van der Waals surface area contributed by atoms with Crippen LogP contribution in [0.3, 0.4) is 0 Å². The number of benzene rings is 1. The number of rotatable bonds is 2. The van der Waals surface area contributed by atoms with Gasteiger partial charge in [0.15, 0.2) is 0 Å². The van der Waals surface area contributed by atoms with Crippen LogP contribution in [0.15, 0.2) is 18.2 Å². The maximum Gasteiger partial charge on any atom is 0.254 e. The molecule has 1 aromatic rings. The second kappa shape index (κ2) is 7.30. The van der Waals surface area contributed by atoms with Crippen LogP contribution in [0.25, 0.3) is 0 Å². The summed E-state index contributed by atoms with van der Waals surface area (Å²) in [5.41, 5.74) is 7.50. The first-order valence-electron chi connectivity index (χ1n) is 6.81. The van der Waals surface area contributed by atoms with Gasteiger partial charge in [-0.05, 0) is 49.4 Å². The summed E-state index contributed by atoms with van der Waals surface area (Å²) in [5.74, 6) is 0.548. The van der Waals surface area contributed by atoms with Crippen molar-refractivity contribution in [1.29, 1.82) is 0 Å². The van der Waals surface area contributed by atoms with E-state index in [1.165, 1.54) is 0 Å². The van der Waals surface area contributed by atoms with Gasteiger partial charge >= 0.3 is 0 Å². The SMILES string of the molecule is Cc1cc(Cl)ccc1C(=O)N1CCCC(C)C1CN.Cl. The highest BCUT2D eigenvalue weighted by Gasteiger charge is 2.31. The van der Waals surface area contributed by atoms with Gasteiger partial charge in [0.25, 0.3) is 5.91 Å². The minimum atomic E-state index is 0. The maximum atomic E-state index is 12.7. The Labute approximate surface area is 131 Å². The molecule has 1 aliphatic rings. The van der Waals surface area contributed by atoms with Crippen molar-refractivity contribution in [3.05, 3.63) is 34.3 Å². The number of nitrogens with two attached hydrogens (primary N) is 1. The summed E-state index contributed by atoms with van der Waals surface area (Å²) in [7, 11) is 0. The van der Waals surface area contributed by atoms with Crippen molar-refractivity contribution < 1.29 is 4.79 Å². The van der Waals surface area contributed by atoms with Gasteiger partial charge in [0.05, 0.1) is 0 Å². The van der Waals surface area contributed by atoms with Gasteiger partial charge in [-0.15, -0.1) is 12.4 Å². The number of hydrogen-bond acceptors (Lipinski definition) is 2. The van der Waals surface area contributed by atoms with E-state index < -0.39 is 0 Å². The number of likely N-dealkylation sites (tertiary alicyclic amines) is 1. The molecule has 2 atom stereocenters. The summed E-state index contributed by atoms with van der Waals surface area (Å²) >= 11 is 5.94. The fourth-order valence-corrected chi connectivity index (χ4v) is 3.11. The summed E-state index contributed by atoms with van der Waals surface area (Å²) in [5, 5.41) is 0.663. The first-order valence-corrected chi connectivity index (χ1v) is 7.19. The number of amides is 1. The predicted molar refractivity (Wildman–Crippen MR) is 85.7 cm³/mol. The predicted octanol–water partition coefficient (Wildman–Crippen LogP) is 3.27. The monoisotopic (exact) mass is 316 g/mol. The quantitative estimate of drug-likeness (QED) is 0.910. The second-order valence-electron chi connectivity index (χ2n) is 5.38. The number of carbonyl (C=O) groups excluding carboxylic acids is 1. The van der Waals surface area contributed by atoms with Crippen LogP contribution < -0.4 is 5.73 Å². The number of carbonyl (C=O) groups is 1. The molecule has 20 heavy (non-hydrogen) atoms. The molecule has 3 nitrogen and oxygen atoms in total. The van der Waals surface area contributed by atoms with Gasteiger partial charge in [0.2, 0.25) is 0 Å². The molecule has 2 rings (SSSR count). The van der Waals surface area contributed by atoms with Gasteiger partial charge < -0.3 is 10.6 Å². The molecule has 5 heteroatoms. The first kappa shape index (κ1) is 17.3. The molecule has 0 spiro atoms. The molecular formula is C15H22Cl2N2O. The van der Waals surface area contributed by atoms with E-state index in [1.54, 1.807) is 6.07 Å². The number of aryl methyl sites for hydroxylation is 1. The van der Waals surface area contributed by atoms with Crippen LogP contribution >= 0.6 is 24.0 Å². The summed E-state index contributed by atoms with van der Waals surface area (Å²) in [6, 6.07) is 5.57. The van der Waals surface area contributed by atoms with Crippen molar-refractivity contribution in [3.63, 3.8) is 0 Å². The van der Waals surface area contributed by atoms with E-state index in [0.29, 0.717) is 17.5 Å². The Morgan fingerprint density at radius 3 is 2.80 bits per heavy atom. The molecule has 1 fully saturated rings. The lowest BCUT2D eigenvalue weighted by Crippen LogP contribution is -2.51. The van der Waals surface area contributed by atoms with Crippen LogP contribution in [0.4, 0.5) is 0 Å². The highest BCUT2D eigenvalue weighted by atomic mass is 35.5. The Morgan fingerprint density at radius 1 is 1.50 bits per heavy atom. The Balaban J connectivity index is 0.00000200. The Kier molecular flexibility index (Phi) is 6.31. The van der Waals surface area contributed by atoms with Gasteiger partial charge in [-0.3, -0.25) is 4.79 Å². The third kappa shape index (κ3) is 3.46. The topological polar surface area (TPSA) is 46.3 Å². The molecule has 0 aromatic heterocycles. The third-order valence-electron chi connectivity index (χ3n) is 4.04. The van der Waals surface area contributed by atoms with Crippen molar-refractivity contribution in [2.24, 2.45) is 11.7 Å². The second-order valence-corrected chi connectivity index (χ2v) is 5.82. The average molecular weight is 317 g/mol. The van der Waals surface area contributed by atoms with E-state index in [-0.39, 0.29) is 24.4 Å². The first-order chi connectivity index (χ1) is 9.04. The Hall–Kier alpha value is -0.770. The third-order valence-corrected chi connectivity index (χ3v) is 4.27.